The summed E-state index contributed by atoms with van der Waals surface area (Å²) in [4.78, 5) is 16.9. The number of amides is 1. The molecule has 0 radical (unpaired) electrons. The third kappa shape index (κ3) is 5.01. The molecule has 3 rings (SSSR count). The maximum absolute atomic E-state index is 12.4. The summed E-state index contributed by atoms with van der Waals surface area (Å²) in [5.74, 6) is 1.38. The van der Waals surface area contributed by atoms with Gasteiger partial charge in [-0.2, -0.15) is 0 Å². The monoisotopic (exact) mass is 479 g/mol. The Balaban J connectivity index is 1.62. The van der Waals surface area contributed by atoms with Gasteiger partial charge in [-0.15, -0.1) is 21.5 Å². The molecule has 1 amide bonds. The lowest BCUT2D eigenvalue weighted by molar-refractivity contribution is -0.113. The number of thioether (sulfide) groups is 1. The van der Waals surface area contributed by atoms with E-state index in [1.54, 1.807) is 0 Å². The normalized spacial score (nSPS) is 11.4. The SMILES string of the molecule is CC(C)c1nnc(SCC(=O)Nc2nc(-c3ccc(Br)cc3)cs2)n1C(C)C. The summed E-state index contributed by atoms with van der Waals surface area (Å²) in [7, 11) is 0. The fourth-order valence-electron chi connectivity index (χ4n) is 2.64. The molecule has 0 saturated carbocycles. The van der Waals surface area contributed by atoms with Crippen LogP contribution in [0, 0.1) is 0 Å². The number of nitrogens with zero attached hydrogens (tertiary/aromatic N) is 4. The van der Waals surface area contributed by atoms with Crippen LogP contribution in [-0.4, -0.2) is 31.4 Å². The lowest BCUT2D eigenvalue weighted by Crippen LogP contribution is -2.15. The van der Waals surface area contributed by atoms with Crippen molar-refractivity contribution in [2.45, 2.75) is 44.8 Å². The highest BCUT2D eigenvalue weighted by Crippen LogP contribution is 2.27. The smallest absolute Gasteiger partial charge is 0.236 e. The fourth-order valence-corrected chi connectivity index (χ4v) is 4.51. The number of anilines is 1. The largest absolute Gasteiger partial charge is 0.303 e. The Morgan fingerprint density at radius 3 is 2.57 bits per heavy atom. The predicted molar refractivity (Wildman–Crippen MR) is 119 cm³/mol. The molecular formula is C19H22BrN5OS2. The second-order valence-corrected chi connectivity index (χ2v) is 9.56. The van der Waals surface area contributed by atoms with E-state index in [2.05, 4.69) is 68.7 Å². The van der Waals surface area contributed by atoms with Gasteiger partial charge in [-0.05, 0) is 26.0 Å². The molecule has 1 N–H and O–H groups in total. The molecule has 148 valence electrons. The Labute approximate surface area is 181 Å². The van der Waals surface area contributed by atoms with Crippen molar-refractivity contribution in [1.82, 2.24) is 19.7 Å². The fraction of sp³-hybridized carbons (Fsp3) is 0.368. The standard InChI is InChI=1S/C19H22BrN5OS2/c1-11(2)17-23-24-19(25(17)12(3)4)28-10-16(26)22-18-21-15(9-27-18)13-5-7-14(20)8-6-13/h5-9,11-12H,10H2,1-4H3,(H,21,22,26). The van der Waals surface area contributed by atoms with E-state index in [1.807, 2.05) is 29.6 Å². The molecule has 9 heteroatoms. The maximum atomic E-state index is 12.4. The molecule has 3 aromatic rings. The molecule has 2 heterocycles. The summed E-state index contributed by atoms with van der Waals surface area (Å²) in [6, 6.07) is 8.17. The van der Waals surface area contributed by atoms with E-state index in [0.717, 1.165) is 26.7 Å². The minimum atomic E-state index is -0.105. The van der Waals surface area contributed by atoms with Crippen LogP contribution in [0.15, 0.2) is 39.3 Å². The summed E-state index contributed by atoms with van der Waals surface area (Å²) in [6.07, 6.45) is 0. The first-order chi connectivity index (χ1) is 13.3. The third-order valence-electron chi connectivity index (χ3n) is 3.95. The molecule has 0 atom stereocenters. The lowest BCUT2D eigenvalue weighted by Gasteiger charge is -2.15. The lowest BCUT2D eigenvalue weighted by atomic mass is 10.2. The van der Waals surface area contributed by atoms with Crippen molar-refractivity contribution in [2.24, 2.45) is 0 Å². The summed E-state index contributed by atoms with van der Waals surface area (Å²) in [5, 5.41) is 14.7. The van der Waals surface area contributed by atoms with Crippen LogP contribution in [0.3, 0.4) is 0 Å². The number of carbonyl (C=O) groups excluding carboxylic acids is 1. The van der Waals surface area contributed by atoms with Gasteiger partial charge in [-0.25, -0.2) is 4.98 Å². The average molecular weight is 480 g/mol. The van der Waals surface area contributed by atoms with Crippen LogP contribution in [0.5, 0.6) is 0 Å². The molecule has 0 aliphatic rings. The van der Waals surface area contributed by atoms with Gasteiger partial charge >= 0.3 is 0 Å². The first kappa shape index (κ1) is 21.0. The Hall–Kier alpha value is -1.71. The molecule has 2 aromatic heterocycles. The number of nitrogens with one attached hydrogen (secondary N) is 1. The quantitative estimate of drug-likeness (QED) is 0.446. The Morgan fingerprint density at radius 2 is 1.93 bits per heavy atom. The van der Waals surface area contributed by atoms with Crippen LogP contribution in [-0.2, 0) is 4.79 Å². The maximum Gasteiger partial charge on any atom is 0.236 e. The first-order valence-electron chi connectivity index (χ1n) is 8.94. The van der Waals surface area contributed by atoms with Gasteiger partial charge in [-0.3, -0.25) is 4.79 Å². The van der Waals surface area contributed by atoms with Gasteiger partial charge in [0.25, 0.3) is 0 Å². The van der Waals surface area contributed by atoms with Gasteiger partial charge in [0, 0.05) is 27.4 Å². The highest BCUT2D eigenvalue weighted by molar-refractivity contribution is 9.10. The predicted octanol–water partition coefficient (Wildman–Crippen LogP) is 5.60. The first-order valence-corrected chi connectivity index (χ1v) is 11.6. The topological polar surface area (TPSA) is 72.7 Å². The van der Waals surface area contributed by atoms with Crippen LogP contribution in [0.4, 0.5) is 5.13 Å². The van der Waals surface area contributed by atoms with Gasteiger partial charge < -0.3 is 9.88 Å². The molecule has 0 unspecified atom stereocenters. The molecule has 0 aliphatic heterocycles. The Kier molecular flexibility index (Phi) is 6.90. The van der Waals surface area contributed by atoms with Crippen LogP contribution >= 0.6 is 39.0 Å². The average Bonchev–Trinajstić information content (AvgIpc) is 3.27. The van der Waals surface area contributed by atoms with Crippen LogP contribution in [0.25, 0.3) is 11.3 Å². The minimum absolute atomic E-state index is 0.105. The number of hydrogen-bond donors (Lipinski definition) is 1. The van der Waals surface area contributed by atoms with Crippen LogP contribution in [0.1, 0.15) is 45.5 Å². The molecule has 0 saturated heterocycles. The zero-order valence-electron chi connectivity index (χ0n) is 16.1. The number of thiazole rings is 1. The van der Waals surface area contributed by atoms with E-state index in [-0.39, 0.29) is 23.6 Å². The van der Waals surface area contributed by atoms with Crippen molar-refractivity contribution < 1.29 is 4.79 Å². The summed E-state index contributed by atoms with van der Waals surface area (Å²) >= 11 is 6.24. The van der Waals surface area contributed by atoms with Gasteiger partial charge in [-0.1, -0.05) is 53.7 Å². The van der Waals surface area contributed by atoms with Gasteiger partial charge in [0.2, 0.25) is 5.91 Å². The molecule has 0 spiro atoms. The number of hydrogen-bond acceptors (Lipinski definition) is 6. The van der Waals surface area contributed by atoms with Gasteiger partial charge in [0.05, 0.1) is 11.4 Å². The molecule has 1 aromatic carbocycles. The summed E-state index contributed by atoms with van der Waals surface area (Å²) < 4.78 is 3.12. The minimum Gasteiger partial charge on any atom is -0.303 e. The van der Waals surface area contributed by atoms with E-state index in [4.69, 9.17) is 0 Å². The number of aromatic nitrogens is 4. The third-order valence-corrected chi connectivity index (χ3v) is 6.18. The van der Waals surface area contributed by atoms with Gasteiger partial charge in [0.1, 0.15) is 5.82 Å². The van der Waals surface area contributed by atoms with Crippen LogP contribution < -0.4 is 5.32 Å². The van der Waals surface area contributed by atoms with E-state index in [1.165, 1.54) is 23.1 Å². The van der Waals surface area contributed by atoms with Crippen molar-refractivity contribution in [1.29, 1.82) is 0 Å². The van der Waals surface area contributed by atoms with E-state index in [0.29, 0.717) is 5.13 Å². The number of carbonyl (C=O) groups is 1. The highest BCUT2D eigenvalue weighted by Gasteiger charge is 2.18. The number of rotatable bonds is 7. The summed E-state index contributed by atoms with van der Waals surface area (Å²) in [5.41, 5.74) is 1.86. The Morgan fingerprint density at radius 1 is 1.21 bits per heavy atom. The van der Waals surface area contributed by atoms with Crippen molar-refractivity contribution in [3.63, 3.8) is 0 Å². The molecule has 6 nitrogen and oxygen atoms in total. The number of benzene rings is 1. The van der Waals surface area contributed by atoms with Crippen molar-refractivity contribution in [3.8, 4) is 11.3 Å². The molecule has 28 heavy (non-hydrogen) atoms. The van der Waals surface area contributed by atoms with Crippen molar-refractivity contribution in [2.75, 3.05) is 11.1 Å². The summed E-state index contributed by atoms with van der Waals surface area (Å²) in [6.45, 7) is 8.38. The van der Waals surface area contributed by atoms with Crippen molar-refractivity contribution >= 4 is 50.1 Å². The zero-order chi connectivity index (χ0) is 20.3. The van der Waals surface area contributed by atoms with E-state index in [9.17, 15) is 4.79 Å². The molecular weight excluding hydrogens is 458 g/mol. The Bertz CT molecular complexity index is 950. The van der Waals surface area contributed by atoms with Crippen LogP contribution in [0.2, 0.25) is 0 Å². The van der Waals surface area contributed by atoms with Gasteiger partial charge in [0.15, 0.2) is 10.3 Å². The second kappa shape index (κ2) is 9.19. The molecule has 0 fully saturated rings. The number of halogens is 1. The zero-order valence-corrected chi connectivity index (χ0v) is 19.4. The molecule has 0 bridgehead atoms. The molecule has 0 aliphatic carbocycles. The van der Waals surface area contributed by atoms with E-state index < -0.39 is 0 Å². The van der Waals surface area contributed by atoms with E-state index >= 15 is 0 Å². The van der Waals surface area contributed by atoms with Crippen molar-refractivity contribution in [3.05, 3.63) is 39.9 Å². The highest BCUT2D eigenvalue weighted by atomic mass is 79.9. The second-order valence-electron chi connectivity index (χ2n) is 6.84.